The fourth-order valence-electron chi connectivity index (χ4n) is 3.34. The number of nitrogens with zero attached hydrogens (tertiary/aromatic N) is 1. The number of imide groups is 1. The number of rotatable bonds is 5. The van der Waals surface area contributed by atoms with Crippen molar-refractivity contribution in [2.45, 2.75) is 32.2 Å². The van der Waals surface area contributed by atoms with Gasteiger partial charge in [0.05, 0.1) is 0 Å². The van der Waals surface area contributed by atoms with Crippen LogP contribution in [0.5, 0.6) is 0 Å². The molecule has 3 rings (SSSR count). The van der Waals surface area contributed by atoms with Gasteiger partial charge in [0.15, 0.2) is 0 Å². The first-order chi connectivity index (χ1) is 13.2. The van der Waals surface area contributed by atoms with Crippen LogP contribution < -0.4 is 10.6 Å². The average molecular weight is 400 g/mol. The number of anilines is 1. The van der Waals surface area contributed by atoms with E-state index in [1.807, 2.05) is 32.0 Å². The Morgan fingerprint density at radius 3 is 2.46 bits per heavy atom. The molecule has 2 aromatic carbocycles. The summed E-state index contributed by atoms with van der Waals surface area (Å²) in [6.45, 7) is 5.26. The smallest absolute Gasteiger partial charge is 0.324 e. The Bertz CT molecular complexity index is 944. The highest BCUT2D eigenvalue weighted by atomic mass is 35.5. The van der Waals surface area contributed by atoms with Gasteiger partial charge in [-0.1, -0.05) is 61.8 Å². The molecule has 6 nitrogen and oxygen atoms in total. The van der Waals surface area contributed by atoms with Crippen molar-refractivity contribution in [1.29, 1.82) is 0 Å². The van der Waals surface area contributed by atoms with Crippen molar-refractivity contribution >= 4 is 35.1 Å². The fourth-order valence-corrected chi connectivity index (χ4v) is 3.66. The van der Waals surface area contributed by atoms with E-state index < -0.39 is 23.4 Å². The van der Waals surface area contributed by atoms with Gasteiger partial charge < -0.3 is 10.6 Å². The summed E-state index contributed by atoms with van der Waals surface area (Å²) in [6, 6.07) is 13.6. The molecule has 1 aliphatic rings. The van der Waals surface area contributed by atoms with Crippen LogP contribution in [0.4, 0.5) is 10.5 Å². The van der Waals surface area contributed by atoms with Crippen LogP contribution in [0.2, 0.25) is 5.02 Å². The number of hydrogen-bond acceptors (Lipinski definition) is 3. The number of nitrogens with one attached hydrogen (secondary N) is 2. The lowest BCUT2D eigenvalue weighted by molar-refractivity contribution is -0.133. The molecule has 0 aromatic heterocycles. The molecule has 1 aliphatic heterocycles. The quantitative estimate of drug-likeness (QED) is 0.749. The molecule has 2 N–H and O–H groups in total. The van der Waals surface area contributed by atoms with Crippen molar-refractivity contribution in [2.75, 3.05) is 11.9 Å². The second kappa shape index (κ2) is 7.64. The predicted octanol–water partition coefficient (Wildman–Crippen LogP) is 3.87. The molecule has 1 heterocycles. The lowest BCUT2D eigenvalue weighted by Crippen LogP contribution is -2.42. The first kappa shape index (κ1) is 19.9. The van der Waals surface area contributed by atoms with Gasteiger partial charge in [-0.25, -0.2) is 4.79 Å². The summed E-state index contributed by atoms with van der Waals surface area (Å²) >= 11 is 6.21. The second-order valence-electron chi connectivity index (χ2n) is 7.22. The average Bonchev–Trinajstić information content (AvgIpc) is 2.86. The Morgan fingerprint density at radius 2 is 1.79 bits per heavy atom. The number of carbonyl (C=O) groups is 3. The molecule has 1 fully saturated rings. The van der Waals surface area contributed by atoms with E-state index in [1.165, 1.54) is 0 Å². The zero-order chi connectivity index (χ0) is 20.5. The number of halogens is 1. The molecule has 0 aliphatic carbocycles. The van der Waals surface area contributed by atoms with Gasteiger partial charge in [0, 0.05) is 16.3 Å². The molecule has 0 spiro atoms. The van der Waals surface area contributed by atoms with Crippen molar-refractivity contribution < 1.29 is 14.4 Å². The third-order valence-electron chi connectivity index (χ3n) is 4.85. The standard InChI is InChI=1S/C21H22ClN3O3/c1-13(2)14-8-4-7-11-17(14)23-18(26)12-25-19(27)21(3,24-20(25)28)15-9-5-6-10-16(15)22/h4-11,13H,12H2,1-3H3,(H,23,26)(H,24,28)/t21-/m1/s1. The van der Waals surface area contributed by atoms with E-state index in [0.717, 1.165) is 10.5 Å². The molecule has 1 atom stereocenters. The van der Waals surface area contributed by atoms with Gasteiger partial charge in [-0.15, -0.1) is 0 Å². The van der Waals surface area contributed by atoms with E-state index in [4.69, 9.17) is 11.6 Å². The maximum Gasteiger partial charge on any atom is 0.325 e. The molecule has 2 aromatic rings. The summed E-state index contributed by atoms with van der Waals surface area (Å²) in [5.41, 5.74) is 0.825. The van der Waals surface area contributed by atoms with Crippen molar-refractivity contribution in [1.82, 2.24) is 10.2 Å². The summed E-state index contributed by atoms with van der Waals surface area (Å²) in [5, 5.41) is 5.83. The third kappa shape index (κ3) is 3.60. The zero-order valence-electron chi connectivity index (χ0n) is 16.0. The van der Waals surface area contributed by atoms with Crippen molar-refractivity contribution in [3.05, 3.63) is 64.7 Å². The maximum atomic E-state index is 13.0. The largest absolute Gasteiger partial charge is 0.325 e. The summed E-state index contributed by atoms with van der Waals surface area (Å²) in [4.78, 5) is 38.8. The SMILES string of the molecule is CC(C)c1ccccc1NC(=O)CN1C(=O)N[C@](C)(c2ccccc2Cl)C1=O. The molecule has 28 heavy (non-hydrogen) atoms. The van der Waals surface area contributed by atoms with Crippen LogP contribution in [-0.2, 0) is 15.1 Å². The Labute approximate surface area is 168 Å². The Hall–Kier alpha value is -2.86. The molecule has 0 radical (unpaired) electrons. The predicted molar refractivity (Wildman–Crippen MR) is 108 cm³/mol. The molecule has 0 saturated carbocycles. The van der Waals surface area contributed by atoms with Gasteiger partial charge in [0.25, 0.3) is 5.91 Å². The van der Waals surface area contributed by atoms with Crippen LogP contribution in [-0.4, -0.2) is 29.3 Å². The van der Waals surface area contributed by atoms with Gasteiger partial charge >= 0.3 is 6.03 Å². The van der Waals surface area contributed by atoms with Gasteiger partial charge in [-0.3, -0.25) is 14.5 Å². The van der Waals surface area contributed by atoms with Crippen LogP contribution in [0, 0.1) is 0 Å². The van der Waals surface area contributed by atoms with E-state index in [0.29, 0.717) is 16.3 Å². The fraction of sp³-hybridized carbons (Fsp3) is 0.286. The molecular weight excluding hydrogens is 378 g/mol. The van der Waals surface area contributed by atoms with Crippen molar-refractivity contribution in [3.8, 4) is 0 Å². The van der Waals surface area contributed by atoms with Crippen LogP contribution >= 0.6 is 11.6 Å². The number of amides is 4. The summed E-state index contributed by atoms with van der Waals surface area (Å²) in [6.07, 6.45) is 0. The highest BCUT2D eigenvalue weighted by Crippen LogP contribution is 2.33. The number of para-hydroxylation sites is 1. The lowest BCUT2D eigenvalue weighted by Gasteiger charge is -2.23. The van der Waals surface area contributed by atoms with Crippen molar-refractivity contribution in [2.24, 2.45) is 0 Å². The Morgan fingerprint density at radius 1 is 1.14 bits per heavy atom. The van der Waals surface area contributed by atoms with E-state index in [1.54, 1.807) is 37.3 Å². The molecule has 7 heteroatoms. The van der Waals surface area contributed by atoms with Crippen molar-refractivity contribution in [3.63, 3.8) is 0 Å². The van der Waals surface area contributed by atoms with Gasteiger partial charge in [0.1, 0.15) is 12.1 Å². The van der Waals surface area contributed by atoms with Gasteiger partial charge in [-0.05, 0) is 30.5 Å². The number of benzene rings is 2. The number of carbonyl (C=O) groups excluding carboxylic acids is 3. The lowest BCUT2D eigenvalue weighted by atomic mass is 9.92. The summed E-state index contributed by atoms with van der Waals surface area (Å²) < 4.78 is 0. The summed E-state index contributed by atoms with van der Waals surface area (Å²) in [7, 11) is 0. The highest BCUT2D eigenvalue weighted by molar-refractivity contribution is 6.32. The molecular formula is C21H22ClN3O3. The Kier molecular flexibility index (Phi) is 5.42. The number of urea groups is 1. The molecule has 146 valence electrons. The van der Waals surface area contributed by atoms with E-state index in [-0.39, 0.29) is 12.5 Å². The first-order valence-corrected chi connectivity index (χ1v) is 9.39. The third-order valence-corrected chi connectivity index (χ3v) is 5.18. The molecule has 1 saturated heterocycles. The minimum absolute atomic E-state index is 0.219. The molecule has 0 bridgehead atoms. The van der Waals surface area contributed by atoms with Gasteiger partial charge in [0.2, 0.25) is 5.91 Å². The molecule has 0 unspecified atom stereocenters. The van der Waals surface area contributed by atoms with Crippen LogP contribution in [0.25, 0.3) is 0 Å². The van der Waals surface area contributed by atoms with E-state index in [2.05, 4.69) is 10.6 Å². The summed E-state index contributed by atoms with van der Waals surface area (Å²) in [5.74, 6) is -0.741. The highest BCUT2D eigenvalue weighted by Gasteiger charge is 2.50. The number of hydrogen-bond donors (Lipinski definition) is 2. The topological polar surface area (TPSA) is 78.5 Å². The minimum Gasteiger partial charge on any atom is -0.324 e. The minimum atomic E-state index is -1.31. The molecule has 4 amide bonds. The normalized spacial score (nSPS) is 19.1. The Balaban J connectivity index is 1.78. The van der Waals surface area contributed by atoms with E-state index >= 15 is 0 Å². The van der Waals surface area contributed by atoms with Crippen LogP contribution in [0.3, 0.4) is 0 Å². The van der Waals surface area contributed by atoms with E-state index in [9.17, 15) is 14.4 Å². The van der Waals surface area contributed by atoms with Crippen LogP contribution in [0.1, 0.15) is 37.8 Å². The van der Waals surface area contributed by atoms with Gasteiger partial charge in [-0.2, -0.15) is 0 Å². The van der Waals surface area contributed by atoms with Crippen LogP contribution in [0.15, 0.2) is 48.5 Å². The first-order valence-electron chi connectivity index (χ1n) is 9.02. The maximum absolute atomic E-state index is 13.0. The zero-order valence-corrected chi connectivity index (χ0v) is 16.7. The monoisotopic (exact) mass is 399 g/mol. The second-order valence-corrected chi connectivity index (χ2v) is 7.62.